The van der Waals surface area contributed by atoms with Gasteiger partial charge >= 0.3 is 0 Å². The fourth-order valence-electron chi connectivity index (χ4n) is 3.01. The fourth-order valence-corrected chi connectivity index (χ4v) is 3.01. The number of ether oxygens (including phenoxy) is 2. The quantitative estimate of drug-likeness (QED) is 0.647. The number of nitrogens with zero attached hydrogens (tertiary/aromatic N) is 1. The molecule has 23 heavy (non-hydrogen) atoms. The van der Waals surface area contributed by atoms with Crippen LogP contribution in [0.3, 0.4) is 0 Å². The van der Waals surface area contributed by atoms with E-state index in [1.165, 1.54) is 5.56 Å². The van der Waals surface area contributed by atoms with Crippen molar-refractivity contribution in [2.45, 2.75) is 45.4 Å². The molecule has 0 aliphatic heterocycles. The zero-order chi connectivity index (χ0) is 17.1. The fraction of sp³-hybridized carbons (Fsp3) is 0.611. The first kappa shape index (κ1) is 17.6. The Labute approximate surface area is 139 Å². The van der Waals surface area contributed by atoms with Gasteiger partial charge in [-0.15, -0.1) is 0 Å². The molecule has 0 bridgehead atoms. The van der Waals surface area contributed by atoms with Gasteiger partial charge in [-0.05, 0) is 31.0 Å². The molecule has 2 unspecified atom stereocenters. The number of nitrogens with one attached hydrogen (secondary N) is 2. The average Bonchev–Trinajstić information content (AvgIpc) is 2.57. The summed E-state index contributed by atoms with van der Waals surface area (Å²) in [5.41, 5.74) is 1.15. The van der Waals surface area contributed by atoms with Gasteiger partial charge in [0, 0.05) is 32.2 Å². The van der Waals surface area contributed by atoms with Crippen molar-refractivity contribution in [2.75, 3.05) is 21.3 Å². The van der Waals surface area contributed by atoms with Crippen molar-refractivity contribution in [2.24, 2.45) is 10.4 Å². The van der Waals surface area contributed by atoms with Crippen molar-refractivity contribution >= 4 is 5.96 Å². The van der Waals surface area contributed by atoms with Crippen molar-refractivity contribution in [3.63, 3.8) is 0 Å². The summed E-state index contributed by atoms with van der Waals surface area (Å²) in [5, 5.41) is 6.87. The molecule has 2 N–H and O–H groups in total. The van der Waals surface area contributed by atoms with E-state index >= 15 is 0 Å². The minimum absolute atomic E-state index is 0.0550. The maximum Gasteiger partial charge on any atom is 0.191 e. The second-order valence-corrected chi connectivity index (χ2v) is 6.83. The molecule has 1 aromatic carbocycles. The molecule has 1 fully saturated rings. The molecule has 5 heteroatoms. The van der Waals surface area contributed by atoms with Gasteiger partial charge < -0.3 is 20.1 Å². The number of aliphatic imine (C=N–C) groups is 1. The monoisotopic (exact) mass is 319 g/mol. The van der Waals surface area contributed by atoms with E-state index in [4.69, 9.17) is 9.47 Å². The molecule has 0 heterocycles. The maximum atomic E-state index is 5.67. The van der Waals surface area contributed by atoms with Gasteiger partial charge in [0.2, 0.25) is 0 Å². The Balaban J connectivity index is 1.89. The Morgan fingerprint density at radius 2 is 1.87 bits per heavy atom. The van der Waals surface area contributed by atoms with E-state index in [1.807, 2.05) is 24.3 Å². The van der Waals surface area contributed by atoms with Crippen LogP contribution in [0.4, 0.5) is 0 Å². The van der Waals surface area contributed by atoms with Crippen molar-refractivity contribution in [3.05, 3.63) is 29.8 Å². The van der Waals surface area contributed by atoms with Crippen LogP contribution >= 0.6 is 0 Å². The molecule has 1 saturated carbocycles. The molecule has 1 aliphatic rings. The van der Waals surface area contributed by atoms with Gasteiger partial charge in [-0.2, -0.15) is 0 Å². The number of methoxy groups -OCH3 is 2. The molecule has 2 atom stereocenters. The Hall–Kier alpha value is -1.75. The zero-order valence-corrected chi connectivity index (χ0v) is 15.1. The highest BCUT2D eigenvalue weighted by Crippen LogP contribution is 2.51. The first-order valence-corrected chi connectivity index (χ1v) is 8.01. The number of benzene rings is 1. The first-order valence-electron chi connectivity index (χ1n) is 8.01. The largest absolute Gasteiger partial charge is 0.497 e. The summed E-state index contributed by atoms with van der Waals surface area (Å²) >= 11 is 0. The van der Waals surface area contributed by atoms with E-state index in [2.05, 4.69) is 36.4 Å². The summed E-state index contributed by atoms with van der Waals surface area (Å²) < 4.78 is 10.8. The van der Waals surface area contributed by atoms with Crippen molar-refractivity contribution in [3.8, 4) is 5.75 Å². The van der Waals surface area contributed by atoms with Gasteiger partial charge in [-0.3, -0.25) is 4.99 Å². The average molecular weight is 319 g/mol. The molecule has 0 spiro atoms. The van der Waals surface area contributed by atoms with Crippen molar-refractivity contribution < 1.29 is 9.47 Å². The number of guanidine groups is 1. The van der Waals surface area contributed by atoms with Crippen LogP contribution in [-0.2, 0) is 11.3 Å². The highest BCUT2D eigenvalue weighted by Gasteiger charge is 2.58. The Morgan fingerprint density at radius 3 is 2.35 bits per heavy atom. The van der Waals surface area contributed by atoms with E-state index in [0.717, 1.165) is 24.7 Å². The highest BCUT2D eigenvalue weighted by atomic mass is 16.5. The Kier molecular flexibility index (Phi) is 5.19. The summed E-state index contributed by atoms with van der Waals surface area (Å²) in [6.07, 6.45) is 0.972. The highest BCUT2D eigenvalue weighted by molar-refractivity contribution is 5.80. The van der Waals surface area contributed by atoms with Crippen LogP contribution < -0.4 is 15.4 Å². The third-order valence-corrected chi connectivity index (χ3v) is 5.43. The lowest BCUT2D eigenvalue weighted by molar-refractivity contribution is -0.176. The molecular weight excluding hydrogens is 290 g/mol. The van der Waals surface area contributed by atoms with Crippen LogP contribution in [0.5, 0.6) is 5.75 Å². The van der Waals surface area contributed by atoms with E-state index in [-0.39, 0.29) is 11.0 Å². The van der Waals surface area contributed by atoms with Gasteiger partial charge in [0.25, 0.3) is 0 Å². The van der Waals surface area contributed by atoms with Crippen LogP contribution in [-0.4, -0.2) is 38.9 Å². The third kappa shape index (κ3) is 3.44. The second kappa shape index (κ2) is 6.79. The van der Waals surface area contributed by atoms with Gasteiger partial charge in [0.05, 0.1) is 12.7 Å². The maximum absolute atomic E-state index is 5.67. The topological polar surface area (TPSA) is 54.9 Å². The van der Waals surface area contributed by atoms with Gasteiger partial charge in [0.1, 0.15) is 5.75 Å². The standard InChI is InChI=1S/C18H29N3O2/c1-17(2)15(11-18(17,3)23-6)21-16(19-4)20-12-13-7-9-14(22-5)10-8-13/h7-10,15H,11-12H2,1-6H3,(H2,19,20,21). The van der Waals surface area contributed by atoms with E-state index < -0.39 is 0 Å². The number of rotatable bonds is 5. The van der Waals surface area contributed by atoms with Crippen LogP contribution in [0.25, 0.3) is 0 Å². The molecule has 1 aliphatic carbocycles. The zero-order valence-electron chi connectivity index (χ0n) is 15.1. The molecule has 128 valence electrons. The molecule has 0 radical (unpaired) electrons. The van der Waals surface area contributed by atoms with Gasteiger partial charge in [-0.25, -0.2) is 0 Å². The molecule has 0 saturated heterocycles. The lowest BCUT2D eigenvalue weighted by Gasteiger charge is -2.59. The smallest absolute Gasteiger partial charge is 0.191 e. The first-order chi connectivity index (χ1) is 10.9. The molecule has 2 rings (SSSR count). The van der Waals surface area contributed by atoms with E-state index in [1.54, 1.807) is 21.3 Å². The molecule has 1 aromatic rings. The van der Waals surface area contributed by atoms with E-state index in [9.17, 15) is 0 Å². The summed E-state index contributed by atoms with van der Waals surface area (Å²) in [6, 6.07) is 8.37. The van der Waals surface area contributed by atoms with Gasteiger partial charge in [0.15, 0.2) is 5.96 Å². The van der Waals surface area contributed by atoms with Crippen LogP contribution in [0, 0.1) is 5.41 Å². The van der Waals surface area contributed by atoms with Gasteiger partial charge in [-0.1, -0.05) is 26.0 Å². The molecule has 5 nitrogen and oxygen atoms in total. The third-order valence-electron chi connectivity index (χ3n) is 5.43. The SMILES string of the molecule is CN=C(NCc1ccc(OC)cc1)NC1CC(C)(OC)C1(C)C. The Morgan fingerprint density at radius 1 is 1.22 bits per heavy atom. The van der Waals surface area contributed by atoms with Crippen LogP contribution in [0.15, 0.2) is 29.3 Å². The predicted octanol–water partition coefficient (Wildman–Crippen LogP) is 2.56. The second-order valence-electron chi connectivity index (χ2n) is 6.83. The lowest BCUT2D eigenvalue weighted by atomic mass is 9.56. The lowest BCUT2D eigenvalue weighted by Crippen LogP contribution is -2.69. The summed E-state index contributed by atoms with van der Waals surface area (Å²) in [7, 11) is 5.26. The van der Waals surface area contributed by atoms with Crippen molar-refractivity contribution in [1.82, 2.24) is 10.6 Å². The number of hydrogen-bond acceptors (Lipinski definition) is 3. The van der Waals surface area contributed by atoms with Crippen LogP contribution in [0.1, 0.15) is 32.8 Å². The van der Waals surface area contributed by atoms with Crippen molar-refractivity contribution in [1.29, 1.82) is 0 Å². The van der Waals surface area contributed by atoms with E-state index in [0.29, 0.717) is 6.04 Å². The number of hydrogen-bond donors (Lipinski definition) is 2. The minimum Gasteiger partial charge on any atom is -0.497 e. The Bertz CT molecular complexity index is 554. The predicted molar refractivity (Wildman–Crippen MR) is 93.9 cm³/mol. The minimum atomic E-state index is -0.0838. The summed E-state index contributed by atoms with van der Waals surface area (Å²) in [6.45, 7) is 7.35. The molecule has 0 amide bonds. The summed E-state index contributed by atoms with van der Waals surface area (Å²) in [5.74, 6) is 1.68. The molecular formula is C18H29N3O2. The summed E-state index contributed by atoms with van der Waals surface area (Å²) in [4.78, 5) is 4.33. The normalized spacial score (nSPS) is 26.3. The molecule has 0 aromatic heterocycles. The van der Waals surface area contributed by atoms with Crippen LogP contribution in [0.2, 0.25) is 0 Å².